The van der Waals surface area contributed by atoms with Gasteiger partial charge in [-0.2, -0.15) is 0 Å². The highest BCUT2D eigenvalue weighted by atomic mass is 35.5. The average molecular weight is 685 g/mol. The lowest BCUT2D eigenvalue weighted by Gasteiger charge is -2.35. The first-order chi connectivity index (χ1) is 21.6. The zero-order valence-electron chi connectivity index (χ0n) is 26.0. The molecule has 0 aliphatic rings. The lowest BCUT2D eigenvalue weighted by Crippen LogP contribution is -2.56. The van der Waals surface area contributed by atoms with Crippen molar-refractivity contribution in [2.75, 3.05) is 10.8 Å². The van der Waals surface area contributed by atoms with Gasteiger partial charge in [0.2, 0.25) is 11.8 Å². The second kappa shape index (κ2) is 14.7. The molecule has 1 atom stereocenters. The quantitative estimate of drug-likeness (QED) is 0.181. The van der Waals surface area contributed by atoms with Crippen molar-refractivity contribution in [2.45, 2.75) is 57.1 Å². The number of hydrogen-bond donors (Lipinski definition) is 1. The Morgan fingerprint density at radius 2 is 1.48 bits per heavy atom. The van der Waals surface area contributed by atoms with Crippen LogP contribution < -0.4 is 9.62 Å². The van der Waals surface area contributed by atoms with Crippen LogP contribution in [0.4, 0.5) is 10.1 Å². The summed E-state index contributed by atoms with van der Waals surface area (Å²) in [5.41, 5.74) is 1.69. The Morgan fingerprint density at radius 3 is 2.07 bits per heavy atom. The first-order valence-electron chi connectivity index (χ1n) is 14.6. The van der Waals surface area contributed by atoms with Gasteiger partial charge in [-0.15, -0.1) is 0 Å². The van der Waals surface area contributed by atoms with Crippen LogP contribution in [-0.4, -0.2) is 43.3 Å². The molecule has 4 rings (SSSR count). The van der Waals surface area contributed by atoms with Crippen molar-refractivity contribution in [3.8, 4) is 0 Å². The van der Waals surface area contributed by atoms with E-state index in [-0.39, 0.29) is 33.6 Å². The lowest BCUT2D eigenvalue weighted by atomic mass is 10.0. The highest BCUT2D eigenvalue weighted by Crippen LogP contribution is 2.31. The van der Waals surface area contributed by atoms with Crippen LogP contribution in [0.1, 0.15) is 37.5 Å². The summed E-state index contributed by atoms with van der Waals surface area (Å²) < 4.78 is 43.1. The topological polar surface area (TPSA) is 86.8 Å². The predicted molar refractivity (Wildman–Crippen MR) is 181 cm³/mol. The molecule has 7 nitrogen and oxygen atoms in total. The third kappa shape index (κ3) is 9.09. The van der Waals surface area contributed by atoms with Crippen LogP contribution in [0.25, 0.3) is 0 Å². The number of benzene rings is 4. The fourth-order valence-electron chi connectivity index (χ4n) is 4.80. The maximum Gasteiger partial charge on any atom is 0.264 e. The molecule has 0 aliphatic carbocycles. The summed E-state index contributed by atoms with van der Waals surface area (Å²) in [6.07, 6.45) is 0.146. The van der Waals surface area contributed by atoms with Crippen molar-refractivity contribution >= 4 is 50.7 Å². The maximum atomic E-state index is 14.5. The molecular weight excluding hydrogens is 648 g/mol. The third-order valence-electron chi connectivity index (χ3n) is 7.11. The number of carbonyl (C=O) groups is 2. The molecule has 1 unspecified atom stereocenters. The van der Waals surface area contributed by atoms with E-state index in [1.165, 1.54) is 59.5 Å². The molecule has 0 aliphatic heterocycles. The van der Waals surface area contributed by atoms with Gasteiger partial charge >= 0.3 is 0 Å². The van der Waals surface area contributed by atoms with Gasteiger partial charge in [0, 0.05) is 18.5 Å². The zero-order valence-corrected chi connectivity index (χ0v) is 28.3. The van der Waals surface area contributed by atoms with Gasteiger partial charge in [0.05, 0.1) is 20.6 Å². The Hall–Kier alpha value is -3.92. The predicted octanol–water partition coefficient (Wildman–Crippen LogP) is 7.19. The Labute approximate surface area is 280 Å². The van der Waals surface area contributed by atoms with E-state index in [2.05, 4.69) is 5.32 Å². The Morgan fingerprint density at radius 1 is 0.848 bits per heavy atom. The number of sulfonamides is 1. The molecule has 46 heavy (non-hydrogen) atoms. The van der Waals surface area contributed by atoms with Crippen LogP contribution in [0, 0.1) is 12.7 Å². The maximum absolute atomic E-state index is 14.5. The van der Waals surface area contributed by atoms with E-state index >= 15 is 0 Å². The summed E-state index contributed by atoms with van der Waals surface area (Å²) in [4.78, 5) is 29.7. The molecule has 1 N–H and O–H groups in total. The monoisotopic (exact) mass is 683 g/mol. The second-order valence-corrected chi connectivity index (χ2v) is 14.7. The summed E-state index contributed by atoms with van der Waals surface area (Å²) >= 11 is 12.5. The zero-order chi connectivity index (χ0) is 33.6. The van der Waals surface area contributed by atoms with Crippen molar-refractivity contribution in [1.29, 1.82) is 0 Å². The van der Waals surface area contributed by atoms with Crippen molar-refractivity contribution < 1.29 is 22.4 Å². The minimum Gasteiger partial charge on any atom is -0.350 e. The number of anilines is 1. The number of hydrogen-bond acceptors (Lipinski definition) is 4. The summed E-state index contributed by atoms with van der Waals surface area (Å²) in [5, 5.41) is 3.29. The summed E-state index contributed by atoms with van der Waals surface area (Å²) in [5.74, 6) is -1.53. The van der Waals surface area contributed by atoms with E-state index in [1.807, 2.05) is 58.0 Å². The van der Waals surface area contributed by atoms with Gasteiger partial charge in [-0.25, -0.2) is 12.8 Å². The Kier molecular flexibility index (Phi) is 11.1. The average Bonchev–Trinajstić information content (AvgIpc) is 2.99. The molecule has 0 bridgehead atoms. The van der Waals surface area contributed by atoms with Crippen LogP contribution >= 0.6 is 23.2 Å². The summed E-state index contributed by atoms with van der Waals surface area (Å²) in [6, 6.07) is 24.3. The van der Waals surface area contributed by atoms with Crippen LogP contribution in [0.5, 0.6) is 0 Å². The molecule has 0 radical (unpaired) electrons. The number of carbonyl (C=O) groups excluding carboxylic acids is 2. The van der Waals surface area contributed by atoms with Gasteiger partial charge in [0.1, 0.15) is 18.4 Å². The van der Waals surface area contributed by atoms with Crippen LogP contribution in [-0.2, 0) is 32.6 Å². The van der Waals surface area contributed by atoms with E-state index in [0.717, 1.165) is 15.4 Å². The second-order valence-electron chi connectivity index (χ2n) is 12.0. The molecule has 11 heteroatoms. The van der Waals surface area contributed by atoms with Gasteiger partial charge in [-0.05, 0) is 81.3 Å². The van der Waals surface area contributed by atoms with Crippen LogP contribution in [0.3, 0.4) is 0 Å². The van der Waals surface area contributed by atoms with Crippen molar-refractivity contribution in [2.24, 2.45) is 0 Å². The van der Waals surface area contributed by atoms with Crippen LogP contribution in [0.15, 0.2) is 102 Å². The van der Waals surface area contributed by atoms with Gasteiger partial charge in [0.25, 0.3) is 10.0 Å². The molecule has 0 saturated carbocycles. The first-order valence-corrected chi connectivity index (χ1v) is 16.8. The minimum atomic E-state index is -4.31. The number of amides is 2. The molecule has 0 aromatic heterocycles. The molecule has 0 fully saturated rings. The number of halogens is 3. The van der Waals surface area contributed by atoms with Gasteiger partial charge < -0.3 is 10.2 Å². The number of nitrogens with zero attached hydrogens (tertiary/aromatic N) is 2. The molecule has 0 saturated heterocycles. The lowest BCUT2D eigenvalue weighted by molar-refractivity contribution is -0.140. The first kappa shape index (κ1) is 34.9. The summed E-state index contributed by atoms with van der Waals surface area (Å²) in [6.45, 7) is 6.57. The fraction of sp³-hybridized carbons (Fsp3) is 0.257. The normalized spacial score (nSPS) is 12.3. The van der Waals surface area contributed by atoms with E-state index in [4.69, 9.17) is 23.2 Å². The molecule has 2 amide bonds. The van der Waals surface area contributed by atoms with Crippen molar-refractivity contribution in [3.63, 3.8) is 0 Å². The number of rotatable bonds is 11. The standard InChI is InChI=1S/C35H36Cl2FN3O4S/c1-24-10-17-29(18-11-24)46(44,45)41(28-16-19-30(36)31(37)21-28)23-33(42)40(22-26-12-14-27(38)15-13-26)32(34(43)39-35(2,3)4)20-25-8-6-5-7-9-25/h5-19,21,32H,20,22-23H2,1-4H3,(H,39,43). The highest BCUT2D eigenvalue weighted by Gasteiger charge is 2.35. The number of aryl methyl sites for hydroxylation is 1. The van der Waals surface area contributed by atoms with E-state index < -0.39 is 45.8 Å². The Balaban J connectivity index is 1.83. The molecule has 0 heterocycles. The van der Waals surface area contributed by atoms with Crippen molar-refractivity contribution in [3.05, 3.63) is 130 Å². The van der Waals surface area contributed by atoms with Gasteiger partial charge in [-0.3, -0.25) is 13.9 Å². The van der Waals surface area contributed by atoms with Gasteiger partial charge in [0.15, 0.2) is 0 Å². The highest BCUT2D eigenvalue weighted by molar-refractivity contribution is 7.92. The fourth-order valence-corrected chi connectivity index (χ4v) is 6.50. The smallest absolute Gasteiger partial charge is 0.264 e. The SMILES string of the molecule is Cc1ccc(S(=O)(=O)N(CC(=O)N(Cc2ccc(F)cc2)C(Cc2ccccc2)C(=O)NC(C)(C)C)c2ccc(Cl)c(Cl)c2)cc1. The molecule has 242 valence electrons. The van der Waals surface area contributed by atoms with Crippen LogP contribution in [0.2, 0.25) is 10.0 Å². The minimum absolute atomic E-state index is 0.0339. The molecule has 4 aromatic rings. The molecule has 4 aromatic carbocycles. The number of nitrogens with one attached hydrogen (secondary N) is 1. The van der Waals surface area contributed by atoms with Crippen molar-refractivity contribution in [1.82, 2.24) is 10.2 Å². The van der Waals surface area contributed by atoms with E-state index in [0.29, 0.717) is 5.56 Å². The van der Waals surface area contributed by atoms with E-state index in [9.17, 15) is 22.4 Å². The molecule has 0 spiro atoms. The van der Waals surface area contributed by atoms with Gasteiger partial charge in [-0.1, -0.05) is 83.4 Å². The largest absolute Gasteiger partial charge is 0.350 e. The molecular formula is C35H36Cl2FN3O4S. The third-order valence-corrected chi connectivity index (χ3v) is 9.64. The summed E-state index contributed by atoms with van der Waals surface area (Å²) in [7, 11) is -4.31. The van der Waals surface area contributed by atoms with E-state index in [1.54, 1.807) is 12.1 Å². The Bertz CT molecular complexity index is 1780.